The van der Waals surface area contributed by atoms with Gasteiger partial charge < -0.3 is 15.4 Å². The Labute approximate surface area is 100 Å². The molecule has 2 atom stereocenters. The van der Waals surface area contributed by atoms with Crippen LogP contribution in [0.5, 0.6) is 0 Å². The SMILES string of the molecule is CC1(Cn2cncc2C(N)CO)CCCS1. The first kappa shape index (κ1) is 12.0. The van der Waals surface area contributed by atoms with Gasteiger partial charge in [-0.25, -0.2) is 4.98 Å². The molecule has 3 N–H and O–H groups in total. The predicted octanol–water partition coefficient (Wildman–Crippen LogP) is 1.16. The van der Waals surface area contributed by atoms with E-state index in [2.05, 4.69) is 16.5 Å². The second kappa shape index (κ2) is 4.77. The van der Waals surface area contributed by atoms with E-state index >= 15 is 0 Å². The number of rotatable bonds is 4. The van der Waals surface area contributed by atoms with E-state index in [0.29, 0.717) is 4.75 Å². The molecule has 1 aliphatic heterocycles. The fourth-order valence-corrected chi connectivity index (χ4v) is 3.49. The summed E-state index contributed by atoms with van der Waals surface area (Å²) in [5.74, 6) is 1.24. The molecule has 1 fully saturated rings. The molecule has 0 spiro atoms. The Hall–Kier alpha value is -0.520. The van der Waals surface area contributed by atoms with Crippen LogP contribution in [0.15, 0.2) is 12.5 Å². The summed E-state index contributed by atoms with van der Waals surface area (Å²) >= 11 is 2.02. The van der Waals surface area contributed by atoms with Crippen LogP contribution in [-0.2, 0) is 6.54 Å². The maximum absolute atomic E-state index is 9.08. The molecule has 0 radical (unpaired) electrons. The number of hydrogen-bond donors (Lipinski definition) is 2. The minimum absolute atomic E-state index is 0.0322. The molecule has 0 saturated carbocycles. The molecule has 2 rings (SSSR count). The summed E-state index contributed by atoms with van der Waals surface area (Å²) in [6, 6.07) is -0.322. The molecule has 90 valence electrons. The zero-order valence-electron chi connectivity index (χ0n) is 9.59. The summed E-state index contributed by atoms with van der Waals surface area (Å²) in [4.78, 5) is 4.13. The Morgan fingerprint density at radius 3 is 3.19 bits per heavy atom. The lowest BCUT2D eigenvalue weighted by Crippen LogP contribution is -2.27. The normalized spacial score (nSPS) is 27.2. The molecule has 1 aromatic rings. The maximum atomic E-state index is 9.08. The lowest BCUT2D eigenvalue weighted by molar-refractivity contribution is 0.262. The van der Waals surface area contributed by atoms with Crippen LogP contribution in [0.4, 0.5) is 0 Å². The van der Waals surface area contributed by atoms with E-state index in [4.69, 9.17) is 10.8 Å². The van der Waals surface area contributed by atoms with Gasteiger partial charge in [-0.2, -0.15) is 11.8 Å². The number of thioether (sulfide) groups is 1. The summed E-state index contributed by atoms with van der Waals surface area (Å²) in [6.07, 6.45) is 6.10. The van der Waals surface area contributed by atoms with Crippen molar-refractivity contribution in [1.82, 2.24) is 9.55 Å². The van der Waals surface area contributed by atoms with Crippen molar-refractivity contribution in [1.29, 1.82) is 0 Å². The first-order chi connectivity index (χ1) is 7.64. The number of aliphatic hydroxyl groups excluding tert-OH is 1. The molecule has 16 heavy (non-hydrogen) atoms. The topological polar surface area (TPSA) is 64.1 Å². The smallest absolute Gasteiger partial charge is 0.0949 e. The molecule has 5 heteroatoms. The van der Waals surface area contributed by atoms with Crippen molar-refractivity contribution >= 4 is 11.8 Å². The highest BCUT2D eigenvalue weighted by molar-refractivity contribution is 8.00. The van der Waals surface area contributed by atoms with Crippen LogP contribution < -0.4 is 5.73 Å². The third kappa shape index (κ3) is 2.42. The van der Waals surface area contributed by atoms with Crippen LogP contribution in [0.3, 0.4) is 0 Å². The van der Waals surface area contributed by atoms with Crippen molar-refractivity contribution in [2.75, 3.05) is 12.4 Å². The number of aliphatic hydroxyl groups is 1. The van der Waals surface area contributed by atoms with E-state index in [9.17, 15) is 0 Å². The quantitative estimate of drug-likeness (QED) is 0.830. The highest BCUT2D eigenvalue weighted by Gasteiger charge is 2.30. The highest BCUT2D eigenvalue weighted by atomic mass is 32.2. The molecular weight excluding hydrogens is 222 g/mol. The summed E-state index contributed by atoms with van der Waals surface area (Å²) in [7, 11) is 0. The molecule has 2 heterocycles. The average molecular weight is 241 g/mol. The van der Waals surface area contributed by atoms with Gasteiger partial charge in [-0.1, -0.05) is 0 Å². The number of nitrogens with zero attached hydrogens (tertiary/aromatic N) is 2. The third-order valence-corrected chi connectivity index (χ3v) is 4.65. The maximum Gasteiger partial charge on any atom is 0.0949 e. The fraction of sp³-hybridized carbons (Fsp3) is 0.727. The summed E-state index contributed by atoms with van der Waals surface area (Å²) in [5, 5.41) is 9.08. The second-order valence-electron chi connectivity index (χ2n) is 4.64. The average Bonchev–Trinajstić information content (AvgIpc) is 2.87. The zero-order valence-corrected chi connectivity index (χ0v) is 10.4. The Morgan fingerprint density at radius 1 is 1.75 bits per heavy atom. The van der Waals surface area contributed by atoms with Crippen molar-refractivity contribution in [3.63, 3.8) is 0 Å². The summed E-state index contributed by atoms with van der Waals surface area (Å²) in [6.45, 7) is 3.19. The Balaban J connectivity index is 2.12. The van der Waals surface area contributed by atoms with Crippen molar-refractivity contribution in [2.24, 2.45) is 5.73 Å². The van der Waals surface area contributed by atoms with Gasteiger partial charge in [-0.15, -0.1) is 0 Å². The molecule has 1 aromatic heterocycles. The van der Waals surface area contributed by atoms with Crippen LogP contribution in [0.25, 0.3) is 0 Å². The number of nitrogens with two attached hydrogens (primary N) is 1. The fourth-order valence-electron chi connectivity index (χ4n) is 2.19. The van der Waals surface area contributed by atoms with Crippen molar-refractivity contribution in [3.05, 3.63) is 18.2 Å². The Bertz CT molecular complexity index is 347. The van der Waals surface area contributed by atoms with Crippen LogP contribution >= 0.6 is 11.8 Å². The lowest BCUT2D eigenvalue weighted by Gasteiger charge is -2.25. The van der Waals surface area contributed by atoms with Gasteiger partial charge in [-0.3, -0.25) is 0 Å². The van der Waals surface area contributed by atoms with Crippen LogP contribution in [-0.4, -0.2) is 31.8 Å². The minimum atomic E-state index is -0.322. The molecule has 0 aliphatic carbocycles. The highest BCUT2D eigenvalue weighted by Crippen LogP contribution is 2.39. The van der Waals surface area contributed by atoms with E-state index in [1.54, 1.807) is 6.20 Å². The van der Waals surface area contributed by atoms with Gasteiger partial charge in [0.15, 0.2) is 0 Å². The first-order valence-corrected chi connectivity index (χ1v) is 6.64. The lowest BCUT2D eigenvalue weighted by atomic mass is 10.1. The molecule has 0 bridgehead atoms. The molecule has 1 aliphatic rings. The minimum Gasteiger partial charge on any atom is -0.394 e. The van der Waals surface area contributed by atoms with Gasteiger partial charge in [0.05, 0.1) is 24.7 Å². The van der Waals surface area contributed by atoms with Crippen molar-refractivity contribution < 1.29 is 5.11 Å². The van der Waals surface area contributed by atoms with E-state index < -0.39 is 0 Å². The molecular formula is C11H19N3OS. The van der Waals surface area contributed by atoms with E-state index in [1.165, 1.54) is 18.6 Å². The summed E-state index contributed by atoms with van der Waals surface area (Å²) in [5.41, 5.74) is 6.77. The standard InChI is InChI=1S/C11H19N3OS/c1-11(3-2-4-16-11)7-14-8-13-5-10(14)9(12)6-15/h5,8-9,15H,2-4,6-7,12H2,1H3. The first-order valence-electron chi connectivity index (χ1n) is 5.65. The Morgan fingerprint density at radius 2 is 2.56 bits per heavy atom. The molecule has 1 saturated heterocycles. The number of aromatic nitrogens is 2. The number of hydrogen-bond acceptors (Lipinski definition) is 4. The second-order valence-corrected chi connectivity index (χ2v) is 6.32. The monoisotopic (exact) mass is 241 g/mol. The summed E-state index contributed by atoms with van der Waals surface area (Å²) < 4.78 is 2.38. The van der Waals surface area contributed by atoms with Gasteiger partial charge in [0, 0.05) is 17.5 Å². The van der Waals surface area contributed by atoms with Crippen LogP contribution in [0.2, 0.25) is 0 Å². The van der Waals surface area contributed by atoms with Gasteiger partial charge in [0.25, 0.3) is 0 Å². The van der Waals surface area contributed by atoms with Gasteiger partial charge in [0.1, 0.15) is 0 Å². The molecule has 4 nitrogen and oxygen atoms in total. The van der Waals surface area contributed by atoms with Gasteiger partial charge >= 0.3 is 0 Å². The molecule has 0 aromatic carbocycles. The third-order valence-electron chi connectivity index (χ3n) is 3.13. The Kier molecular flexibility index (Phi) is 3.56. The van der Waals surface area contributed by atoms with Gasteiger partial charge in [-0.05, 0) is 25.5 Å². The molecule has 0 amide bonds. The van der Waals surface area contributed by atoms with E-state index in [1.807, 2.05) is 18.1 Å². The van der Waals surface area contributed by atoms with Crippen molar-refractivity contribution in [3.8, 4) is 0 Å². The largest absolute Gasteiger partial charge is 0.394 e. The van der Waals surface area contributed by atoms with Gasteiger partial charge in [0.2, 0.25) is 0 Å². The predicted molar refractivity (Wildman–Crippen MR) is 66.3 cm³/mol. The van der Waals surface area contributed by atoms with E-state index in [-0.39, 0.29) is 12.6 Å². The van der Waals surface area contributed by atoms with Crippen LogP contribution in [0.1, 0.15) is 31.5 Å². The van der Waals surface area contributed by atoms with Crippen molar-refractivity contribution in [2.45, 2.75) is 37.1 Å². The van der Waals surface area contributed by atoms with Crippen LogP contribution in [0, 0.1) is 0 Å². The molecule has 2 unspecified atom stereocenters. The number of imidazole rings is 1. The van der Waals surface area contributed by atoms with E-state index in [0.717, 1.165) is 12.2 Å². The zero-order chi connectivity index (χ0) is 11.6.